The Hall–Kier alpha value is -2.69. The number of carbonyl (C=O) groups is 2. The summed E-state index contributed by atoms with van der Waals surface area (Å²) in [7, 11) is 0. The number of rotatable bonds is 5. The van der Waals surface area contributed by atoms with Crippen LogP contribution in [0.15, 0.2) is 15.7 Å². The van der Waals surface area contributed by atoms with Crippen molar-refractivity contribution in [3.05, 3.63) is 27.4 Å². The first-order chi connectivity index (χ1) is 13.7. The summed E-state index contributed by atoms with van der Waals surface area (Å²) >= 11 is 0.743. The van der Waals surface area contributed by atoms with Crippen molar-refractivity contribution in [3.63, 3.8) is 0 Å². The number of nitrogens with zero attached hydrogens (tertiary/aromatic N) is 2. The lowest BCUT2D eigenvalue weighted by Crippen LogP contribution is -2.16. The predicted molar refractivity (Wildman–Crippen MR) is 96.5 cm³/mol. The van der Waals surface area contributed by atoms with Crippen molar-refractivity contribution in [2.75, 3.05) is 5.32 Å². The van der Waals surface area contributed by atoms with Gasteiger partial charge >= 0.3 is 12.1 Å². The van der Waals surface area contributed by atoms with Crippen LogP contribution >= 0.6 is 11.3 Å². The van der Waals surface area contributed by atoms with Crippen molar-refractivity contribution in [1.82, 2.24) is 10.1 Å². The molecular formula is C18H16F3N3O4S. The van der Waals surface area contributed by atoms with Crippen LogP contribution in [-0.2, 0) is 15.8 Å². The van der Waals surface area contributed by atoms with Crippen LogP contribution in [0.1, 0.15) is 54.3 Å². The van der Waals surface area contributed by atoms with Gasteiger partial charge < -0.3 is 14.9 Å². The topological polar surface area (TPSA) is 105 Å². The maximum Gasteiger partial charge on any atom is 0.418 e. The molecule has 7 nitrogen and oxygen atoms in total. The molecule has 0 atom stereocenters. The average Bonchev–Trinajstić information content (AvgIpc) is 3.06. The molecular weight excluding hydrogens is 411 g/mol. The van der Waals surface area contributed by atoms with Crippen LogP contribution in [0, 0.1) is 6.92 Å². The molecule has 1 fully saturated rings. The van der Waals surface area contributed by atoms with Crippen LogP contribution in [0.3, 0.4) is 0 Å². The largest absolute Gasteiger partial charge is 0.478 e. The Kier molecular flexibility index (Phi) is 4.72. The van der Waals surface area contributed by atoms with E-state index in [1.165, 1.54) is 6.92 Å². The van der Waals surface area contributed by atoms with Crippen molar-refractivity contribution in [2.24, 2.45) is 0 Å². The Balaban J connectivity index is 1.76. The molecule has 0 radical (unpaired) electrons. The zero-order chi connectivity index (χ0) is 20.9. The van der Waals surface area contributed by atoms with Gasteiger partial charge in [-0.15, -0.1) is 11.3 Å². The van der Waals surface area contributed by atoms with Crippen molar-refractivity contribution in [3.8, 4) is 11.5 Å². The summed E-state index contributed by atoms with van der Waals surface area (Å²) in [5, 5.41) is 15.4. The van der Waals surface area contributed by atoms with Gasteiger partial charge in [0.05, 0.1) is 11.1 Å². The molecule has 0 aromatic carbocycles. The minimum absolute atomic E-state index is 0.0119. The van der Waals surface area contributed by atoms with Gasteiger partial charge in [0.15, 0.2) is 5.82 Å². The minimum Gasteiger partial charge on any atom is -0.478 e. The number of carboxylic acid groups (broad SMARTS) is 1. The second-order valence-electron chi connectivity index (χ2n) is 7.04. The van der Waals surface area contributed by atoms with Crippen molar-refractivity contribution in [2.45, 2.75) is 51.1 Å². The third-order valence-electron chi connectivity index (χ3n) is 4.94. The number of nitrogens with one attached hydrogen (secondary N) is 1. The van der Waals surface area contributed by atoms with Crippen LogP contribution < -0.4 is 5.32 Å². The quantitative estimate of drug-likeness (QED) is 0.728. The van der Waals surface area contributed by atoms with Crippen LogP contribution in [0.25, 0.3) is 11.5 Å². The van der Waals surface area contributed by atoms with Crippen LogP contribution in [-0.4, -0.2) is 27.1 Å². The highest BCUT2D eigenvalue weighted by Gasteiger charge is 2.41. The number of aromatic nitrogens is 2. The van der Waals surface area contributed by atoms with Gasteiger partial charge in [-0.2, -0.15) is 18.2 Å². The number of aryl methyl sites for hydroxylation is 1. The molecule has 0 spiro atoms. The first kappa shape index (κ1) is 19.6. The van der Waals surface area contributed by atoms with Gasteiger partial charge in [-0.25, -0.2) is 4.79 Å². The van der Waals surface area contributed by atoms with E-state index in [1.807, 2.05) is 0 Å². The van der Waals surface area contributed by atoms with Gasteiger partial charge in [0, 0.05) is 21.9 Å². The van der Waals surface area contributed by atoms with Gasteiger partial charge in [0.2, 0.25) is 0 Å². The number of hydrogen-bond donors (Lipinski definition) is 2. The fraction of sp³-hybridized carbons (Fsp3) is 0.444. The monoisotopic (exact) mass is 427 g/mol. The molecule has 2 aliphatic carbocycles. The predicted octanol–water partition coefficient (Wildman–Crippen LogP) is 4.51. The molecule has 1 saturated carbocycles. The Bertz CT molecular complexity index is 1030. The minimum atomic E-state index is -4.69. The maximum atomic E-state index is 13.7. The van der Waals surface area contributed by atoms with E-state index in [2.05, 4.69) is 15.5 Å². The number of carbonyl (C=O) groups excluding carboxylic acids is 1. The Morgan fingerprint density at radius 2 is 1.93 bits per heavy atom. The summed E-state index contributed by atoms with van der Waals surface area (Å²) in [5.41, 5.74) is -1.25. The van der Waals surface area contributed by atoms with E-state index in [-0.39, 0.29) is 51.2 Å². The first-order valence-electron chi connectivity index (χ1n) is 8.98. The summed E-state index contributed by atoms with van der Waals surface area (Å²) in [6.07, 6.45) is -1.98. The van der Waals surface area contributed by atoms with Crippen LogP contribution in [0.2, 0.25) is 0 Å². The zero-order valence-electron chi connectivity index (χ0n) is 15.2. The summed E-state index contributed by atoms with van der Waals surface area (Å²) in [4.78, 5) is 28.0. The molecule has 0 saturated heterocycles. The van der Waals surface area contributed by atoms with E-state index in [9.17, 15) is 27.9 Å². The zero-order valence-corrected chi connectivity index (χ0v) is 16.0. The highest BCUT2D eigenvalue weighted by atomic mass is 32.1. The number of alkyl halides is 3. The number of amides is 1. The lowest BCUT2D eigenvalue weighted by molar-refractivity contribution is -0.137. The molecule has 2 aliphatic rings. The number of carboxylic acids is 1. The van der Waals surface area contributed by atoms with E-state index in [0.29, 0.717) is 12.2 Å². The third kappa shape index (κ3) is 3.66. The van der Waals surface area contributed by atoms with Gasteiger partial charge in [-0.1, -0.05) is 5.16 Å². The average molecular weight is 427 g/mol. The lowest BCUT2D eigenvalue weighted by Gasteiger charge is -2.09. The van der Waals surface area contributed by atoms with E-state index in [0.717, 1.165) is 24.2 Å². The van der Waals surface area contributed by atoms with E-state index in [4.69, 9.17) is 4.52 Å². The summed E-state index contributed by atoms with van der Waals surface area (Å²) in [6, 6.07) is 0. The molecule has 2 aromatic heterocycles. The third-order valence-corrected chi connectivity index (χ3v) is 5.96. The Morgan fingerprint density at radius 1 is 1.24 bits per heavy atom. The van der Waals surface area contributed by atoms with E-state index < -0.39 is 23.6 Å². The molecule has 11 heteroatoms. The van der Waals surface area contributed by atoms with Crippen LogP contribution in [0.4, 0.5) is 18.2 Å². The standard InChI is InChI=1S/C18H16F3N3O4S/c1-7-12(18(19,20)21)11(15-22-13(24-28-15)8-5-6-8)16(29-7)23-14(25)9-3-2-4-10(9)17(26)27/h8H,2-6H2,1H3,(H,23,25)(H,26,27). The normalized spacial score (nSPS) is 17.1. The molecule has 29 heavy (non-hydrogen) atoms. The molecule has 4 rings (SSSR count). The number of hydrogen-bond acceptors (Lipinski definition) is 6. The highest BCUT2D eigenvalue weighted by molar-refractivity contribution is 7.17. The second kappa shape index (κ2) is 6.97. The number of halogens is 3. The van der Waals surface area contributed by atoms with Crippen LogP contribution in [0.5, 0.6) is 0 Å². The van der Waals surface area contributed by atoms with Crippen molar-refractivity contribution in [1.29, 1.82) is 0 Å². The van der Waals surface area contributed by atoms with Gasteiger partial charge in [0.25, 0.3) is 11.8 Å². The molecule has 1 amide bonds. The number of thiophene rings is 1. The Labute approximate surface area is 166 Å². The summed E-state index contributed by atoms with van der Waals surface area (Å²) < 4.78 is 46.2. The molecule has 154 valence electrons. The van der Waals surface area contributed by atoms with Crippen molar-refractivity contribution >= 4 is 28.2 Å². The SMILES string of the molecule is Cc1sc(NC(=O)C2=C(C(=O)O)CCC2)c(-c2nc(C3CC3)no2)c1C(F)(F)F. The fourth-order valence-electron chi connectivity index (χ4n) is 3.43. The molecule has 2 aromatic rings. The smallest absolute Gasteiger partial charge is 0.418 e. The summed E-state index contributed by atoms with van der Waals surface area (Å²) in [5.74, 6) is -1.80. The number of anilines is 1. The number of aliphatic carboxylic acids is 1. The molecule has 0 aliphatic heterocycles. The van der Waals surface area contributed by atoms with E-state index in [1.54, 1.807) is 0 Å². The van der Waals surface area contributed by atoms with Crippen molar-refractivity contribution < 1.29 is 32.4 Å². The summed E-state index contributed by atoms with van der Waals surface area (Å²) in [6.45, 7) is 1.29. The second-order valence-corrected chi connectivity index (χ2v) is 8.26. The van der Waals surface area contributed by atoms with Gasteiger partial charge in [0.1, 0.15) is 5.00 Å². The molecule has 0 unspecified atom stereocenters. The molecule has 2 heterocycles. The highest BCUT2D eigenvalue weighted by Crippen LogP contribution is 2.48. The first-order valence-corrected chi connectivity index (χ1v) is 9.79. The fourth-order valence-corrected chi connectivity index (χ4v) is 4.49. The van der Waals surface area contributed by atoms with Gasteiger partial charge in [-0.3, -0.25) is 4.79 Å². The lowest BCUT2D eigenvalue weighted by atomic mass is 10.1. The molecule has 0 bridgehead atoms. The van der Waals surface area contributed by atoms with Gasteiger partial charge in [-0.05, 0) is 39.0 Å². The maximum absolute atomic E-state index is 13.7. The van der Waals surface area contributed by atoms with E-state index >= 15 is 0 Å². The Morgan fingerprint density at radius 3 is 2.55 bits per heavy atom. The molecule has 2 N–H and O–H groups in total.